The lowest BCUT2D eigenvalue weighted by atomic mass is 10.2. The molecular weight excluding hydrogens is 156 g/mol. The summed E-state index contributed by atoms with van der Waals surface area (Å²) in [6, 6.07) is 0. The van der Waals surface area contributed by atoms with Crippen molar-refractivity contribution in [3.63, 3.8) is 0 Å². The van der Waals surface area contributed by atoms with E-state index in [1.165, 1.54) is 0 Å². The molecule has 0 aliphatic carbocycles. The SMILES string of the molecule is CCOC(=O)CC1NCCCN1. The van der Waals surface area contributed by atoms with Crippen LogP contribution in [-0.2, 0) is 9.53 Å². The van der Waals surface area contributed by atoms with Crippen LogP contribution in [0.15, 0.2) is 0 Å². The Labute approximate surface area is 72.7 Å². The summed E-state index contributed by atoms with van der Waals surface area (Å²) in [6.45, 7) is 4.25. The maximum Gasteiger partial charge on any atom is 0.308 e. The second-order valence-corrected chi connectivity index (χ2v) is 2.82. The van der Waals surface area contributed by atoms with E-state index in [0.717, 1.165) is 19.5 Å². The number of carbonyl (C=O) groups excluding carboxylic acids is 1. The molecule has 0 atom stereocenters. The minimum Gasteiger partial charge on any atom is -0.466 e. The van der Waals surface area contributed by atoms with Gasteiger partial charge in [-0.3, -0.25) is 4.79 Å². The van der Waals surface area contributed by atoms with Gasteiger partial charge in [-0.05, 0) is 26.4 Å². The Bertz CT molecular complexity index is 144. The zero-order valence-electron chi connectivity index (χ0n) is 7.43. The largest absolute Gasteiger partial charge is 0.466 e. The maximum absolute atomic E-state index is 11.0. The molecule has 2 N–H and O–H groups in total. The normalized spacial score (nSPS) is 19.1. The Morgan fingerprint density at radius 2 is 2.17 bits per heavy atom. The zero-order valence-corrected chi connectivity index (χ0v) is 7.43. The summed E-state index contributed by atoms with van der Waals surface area (Å²) in [5.74, 6) is -0.135. The van der Waals surface area contributed by atoms with Crippen LogP contribution in [0.3, 0.4) is 0 Å². The molecule has 0 aromatic heterocycles. The molecule has 4 heteroatoms. The van der Waals surface area contributed by atoms with Crippen LogP contribution in [0.2, 0.25) is 0 Å². The molecule has 1 saturated heterocycles. The smallest absolute Gasteiger partial charge is 0.308 e. The fraction of sp³-hybridized carbons (Fsp3) is 0.875. The first kappa shape index (κ1) is 9.48. The van der Waals surface area contributed by atoms with Crippen molar-refractivity contribution in [1.82, 2.24) is 10.6 Å². The first-order valence-corrected chi connectivity index (χ1v) is 4.45. The lowest BCUT2D eigenvalue weighted by Crippen LogP contribution is -2.49. The molecule has 0 amide bonds. The molecule has 1 fully saturated rings. The van der Waals surface area contributed by atoms with Gasteiger partial charge in [0.1, 0.15) is 0 Å². The summed E-state index contributed by atoms with van der Waals surface area (Å²) in [5.41, 5.74) is 0. The quantitative estimate of drug-likeness (QED) is 0.581. The Morgan fingerprint density at radius 1 is 1.50 bits per heavy atom. The molecule has 4 nitrogen and oxygen atoms in total. The van der Waals surface area contributed by atoms with Gasteiger partial charge >= 0.3 is 5.97 Å². The number of carbonyl (C=O) groups is 1. The first-order valence-electron chi connectivity index (χ1n) is 4.45. The molecule has 0 aromatic carbocycles. The van der Waals surface area contributed by atoms with Gasteiger partial charge in [-0.2, -0.15) is 0 Å². The average molecular weight is 172 g/mol. The molecule has 0 aromatic rings. The van der Waals surface area contributed by atoms with Crippen molar-refractivity contribution in [1.29, 1.82) is 0 Å². The third kappa shape index (κ3) is 3.19. The molecular formula is C8H16N2O2. The van der Waals surface area contributed by atoms with Crippen LogP contribution in [-0.4, -0.2) is 31.8 Å². The fourth-order valence-corrected chi connectivity index (χ4v) is 1.24. The predicted octanol–water partition coefficient (Wildman–Crippen LogP) is -0.151. The van der Waals surface area contributed by atoms with Crippen molar-refractivity contribution in [2.75, 3.05) is 19.7 Å². The topological polar surface area (TPSA) is 50.4 Å². The summed E-state index contributed by atoms with van der Waals surface area (Å²) in [6.07, 6.45) is 1.66. The van der Waals surface area contributed by atoms with Crippen molar-refractivity contribution in [3.8, 4) is 0 Å². The minimum atomic E-state index is -0.135. The maximum atomic E-state index is 11.0. The summed E-state index contributed by atoms with van der Waals surface area (Å²) in [4.78, 5) is 11.0. The second-order valence-electron chi connectivity index (χ2n) is 2.82. The number of hydrogen-bond donors (Lipinski definition) is 2. The van der Waals surface area contributed by atoms with Gasteiger partial charge in [0.25, 0.3) is 0 Å². The highest BCUT2D eigenvalue weighted by Crippen LogP contribution is 1.96. The predicted molar refractivity (Wildman–Crippen MR) is 45.7 cm³/mol. The van der Waals surface area contributed by atoms with E-state index in [0.29, 0.717) is 13.0 Å². The summed E-state index contributed by atoms with van der Waals surface area (Å²) < 4.78 is 4.83. The van der Waals surface area contributed by atoms with Crippen LogP contribution in [0.5, 0.6) is 0 Å². The van der Waals surface area contributed by atoms with E-state index in [1.54, 1.807) is 0 Å². The Balaban J connectivity index is 2.15. The number of ether oxygens (including phenoxy) is 1. The molecule has 1 heterocycles. The molecule has 0 unspecified atom stereocenters. The monoisotopic (exact) mass is 172 g/mol. The minimum absolute atomic E-state index is 0.109. The molecule has 0 radical (unpaired) electrons. The third-order valence-electron chi connectivity index (χ3n) is 1.81. The summed E-state index contributed by atoms with van der Waals surface area (Å²) >= 11 is 0. The standard InChI is InChI=1S/C8H16N2O2/c1-2-12-8(11)6-7-9-4-3-5-10-7/h7,9-10H,2-6H2,1H3. The number of esters is 1. The highest BCUT2D eigenvalue weighted by Gasteiger charge is 2.15. The third-order valence-corrected chi connectivity index (χ3v) is 1.81. The molecule has 1 aliphatic rings. The zero-order chi connectivity index (χ0) is 8.81. The molecule has 0 bridgehead atoms. The number of nitrogens with one attached hydrogen (secondary N) is 2. The average Bonchev–Trinajstić information content (AvgIpc) is 2.06. The van der Waals surface area contributed by atoms with E-state index < -0.39 is 0 Å². The van der Waals surface area contributed by atoms with Crippen LogP contribution in [0.25, 0.3) is 0 Å². The van der Waals surface area contributed by atoms with E-state index in [2.05, 4.69) is 10.6 Å². The van der Waals surface area contributed by atoms with Gasteiger partial charge in [0.15, 0.2) is 0 Å². The van der Waals surface area contributed by atoms with Crippen LogP contribution in [0.1, 0.15) is 19.8 Å². The molecule has 70 valence electrons. The van der Waals surface area contributed by atoms with Gasteiger partial charge in [0.2, 0.25) is 0 Å². The lowest BCUT2D eigenvalue weighted by Gasteiger charge is -2.23. The number of rotatable bonds is 3. The van der Waals surface area contributed by atoms with E-state index in [9.17, 15) is 4.79 Å². The van der Waals surface area contributed by atoms with E-state index in [1.807, 2.05) is 6.92 Å². The molecule has 12 heavy (non-hydrogen) atoms. The molecule has 0 saturated carbocycles. The molecule has 0 spiro atoms. The van der Waals surface area contributed by atoms with Crippen LogP contribution < -0.4 is 10.6 Å². The molecule has 1 aliphatic heterocycles. The van der Waals surface area contributed by atoms with Crippen LogP contribution in [0.4, 0.5) is 0 Å². The van der Waals surface area contributed by atoms with Gasteiger partial charge in [0.05, 0.1) is 19.2 Å². The van der Waals surface area contributed by atoms with E-state index in [4.69, 9.17) is 4.74 Å². The second kappa shape index (κ2) is 5.11. The van der Waals surface area contributed by atoms with Crippen LogP contribution >= 0.6 is 0 Å². The van der Waals surface area contributed by atoms with Gasteiger partial charge in [0, 0.05) is 0 Å². The van der Waals surface area contributed by atoms with Crippen molar-refractivity contribution in [2.24, 2.45) is 0 Å². The lowest BCUT2D eigenvalue weighted by molar-refractivity contribution is -0.144. The van der Waals surface area contributed by atoms with Crippen molar-refractivity contribution < 1.29 is 9.53 Å². The fourth-order valence-electron chi connectivity index (χ4n) is 1.24. The highest BCUT2D eigenvalue weighted by molar-refractivity contribution is 5.70. The highest BCUT2D eigenvalue weighted by atomic mass is 16.5. The Morgan fingerprint density at radius 3 is 2.75 bits per heavy atom. The van der Waals surface area contributed by atoms with Gasteiger partial charge in [-0.1, -0.05) is 0 Å². The van der Waals surface area contributed by atoms with Crippen molar-refractivity contribution in [3.05, 3.63) is 0 Å². The van der Waals surface area contributed by atoms with Crippen molar-refractivity contribution in [2.45, 2.75) is 25.9 Å². The van der Waals surface area contributed by atoms with E-state index >= 15 is 0 Å². The first-order chi connectivity index (χ1) is 5.83. The Hall–Kier alpha value is -0.610. The Kier molecular flexibility index (Phi) is 4.04. The van der Waals surface area contributed by atoms with Crippen LogP contribution in [0, 0.1) is 0 Å². The van der Waals surface area contributed by atoms with Gasteiger partial charge < -0.3 is 15.4 Å². The number of hydrogen-bond acceptors (Lipinski definition) is 4. The van der Waals surface area contributed by atoms with Gasteiger partial charge in [-0.25, -0.2) is 0 Å². The summed E-state index contributed by atoms with van der Waals surface area (Å²) in [7, 11) is 0. The van der Waals surface area contributed by atoms with E-state index in [-0.39, 0.29) is 12.1 Å². The van der Waals surface area contributed by atoms with Crippen molar-refractivity contribution >= 4 is 5.97 Å². The molecule has 1 rings (SSSR count). The summed E-state index contributed by atoms with van der Waals surface area (Å²) in [5, 5.41) is 6.39. The van der Waals surface area contributed by atoms with Gasteiger partial charge in [-0.15, -0.1) is 0 Å².